The van der Waals surface area contributed by atoms with E-state index in [-0.39, 0.29) is 5.69 Å². The second-order valence-electron chi connectivity index (χ2n) is 3.36. The molecule has 17 heavy (non-hydrogen) atoms. The monoisotopic (exact) mass is 287 g/mol. The molecule has 0 amide bonds. The lowest BCUT2D eigenvalue weighted by molar-refractivity contribution is 0.0690. The molecular formula is C11H7Cl2NO2S. The highest BCUT2D eigenvalue weighted by atomic mass is 35.5. The summed E-state index contributed by atoms with van der Waals surface area (Å²) in [7, 11) is 0. The standard InChI is InChI=1S/C11H7Cl2NO2S/c1-5-9(11(15)16)14-10(17-5)6-2-3-7(12)8(13)4-6/h2-4H,1H3,(H,15,16). The van der Waals surface area contributed by atoms with E-state index in [1.807, 2.05) is 0 Å². The molecule has 0 spiro atoms. The minimum absolute atomic E-state index is 0.0797. The first kappa shape index (κ1) is 12.4. The summed E-state index contributed by atoms with van der Waals surface area (Å²) in [5, 5.41) is 10.4. The maximum Gasteiger partial charge on any atom is 0.355 e. The van der Waals surface area contributed by atoms with Gasteiger partial charge in [-0.15, -0.1) is 11.3 Å². The first-order chi connectivity index (χ1) is 7.99. The van der Waals surface area contributed by atoms with Crippen molar-refractivity contribution in [2.45, 2.75) is 6.92 Å². The Bertz CT molecular complexity index is 595. The van der Waals surface area contributed by atoms with E-state index < -0.39 is 5.97 Å². The average Bonchev–Trinajstić information content (AvgIpc) is 2.64. The number of hydrogen-bond acceptors (Lipinski definition) is 3. The largest absolute Gasteiger partial charge is 0.476 e. The van der Waals surface area contributed by atoms with Crippen molar-refractivity contribution < 1.29 is 9.90 Å². The van der Waals surface area contributed by atoms with E-state index in [2.05, 4.69) is 4.98 Å². The van der Waals surface area contributed by atoms with Gasteiger partial charge >= 0.3 is 5.97 Å². The van der Waals surface area contributed by atoms with Gasteiger partial charge in [-0.1, -0.05) is 29.3 Å². The Kier molecular flexibility index (Phi) is 3.38. The Morgan fingerprint density at radius 3 is 2.59 bits per heavy atom. The van der Waals surface area contributed by atoms with Crippen molar-refractivity contribution in [3.8, 4) is 10.6 Å². The maximum atomic E-state index is 10.9. The van der Waals surface area contributed by atoms with Crippen LogP contribution in [0.4, 0.5) is 0 Å². The molecule has 0 saturated carbocycles. The first-order valence-corrected chi connectivity index (χ1v) is 6.22. The lowest BCUT2D eigenvalue weighted by atomic mass is 10.2. The van der Waals surface area contributed by atoms with Crippen LogP contribution in [0.3, 0.4) is 0 Å². The molecule has 0 aliphatic rings. The number of carbonyl (C=O) groups is 1. The van der Waals surface area contributed by atoms with Gasteiger partial charge in [0.2, 0.25) is 0 Å². The minimum Gasteiger partial charge on any atom is -0.476 e. The number of thiazole rings is 1. The molecule has 0 aliphatic carbocycles. The van der Waals surface area contributed by atoms with Crippen LogP contribution in [0.1, 0.15) is 15.4 Å². The summed E-state index contributed by atoms with van der Waals surface area (Å²) in [5.74, 6) is -1.02. The molecule has 1 heterocycles. The van der Waals surface area contributed by atoms with Gasteiger partial charge in [-0.2, -0.15) is 0 Å². The van der Waals surface area contributed by atoms with Gasteiger partial charge in [0.05, 0.1) is 10.0 Å². The third kappa shape index (κ3) is 2.44. The van der Waals surface area contributed by atoms with E-state index >= 15 is 0 Å². The zero-order chi connectivity index (χ0) is 12.6. The smallest absolute Gasteiger partial charge is 0.355 e. The zero-order valence-electron chi connectivity index (χ0n) is 8.70. The molecule has 0 radical (unpaired) electrons. The predicted octanol–water partition coefficient (Wildman–Crippen LogP) is 4.12. The van der Waals surface area contributed by atoms with E-state index in [9.17, 15) is 4.79 Å². The van der Waals surface area contributed by atoms with Crippen LogP contribution in [0.15, 0.2) is 18.2 Å². The molecule has 2 rings (SSSR count). The third-order valence-electron chi connectivity index (χ3n) is 2.17. The van der Waals surface area contributed by atoms with Crippen molar-refractivity contribution in [1.29, 1.82) is 0 Å². The van der Waals surface area contributed by atoms with Crippen LogP contribution in [0.5, 0.6) is 0 Å². The number of hydrogen-bond donors (Lipinski definition) is 1. The second kappa shape index (κ2) is 4.64. The molecule has 88 valence electrons. The molecule has 2 aromatic rings. The summed E-state index contributed by atoms with van der Waals surface area (Å²) in [6, 6.07) is 5.10. The fourth-order valence-electron chi connectivity index (χ4n) is 1.35. The lowest BCUT2D eigenvalue weighted by Gasteiger charge is -1.98. The van der Waals surface area contributed by atoms with Crippen LogP contribution in [-0.2, 0) is 0 Å². The van der Waals surface area contributed by atoms with Crippen molar-refractivity contribution in [1.82, 2.24) is 4.98 Å². The highest BCUT2D eigenvalue weighted by molar-refractivity contribution is 7.15. The topological polar surface area (TPSA) is 50.2 Å². The molecule has 0 fully saturated rings. The van der Waals surface area contributed by atoms with Crippen LogP contribution in [-0.4, -0.2) is 16.1 Å². The van der Waals surface area contributed by atoms with Crippen molar-refractivity contribution in [2.24, 2.45) is 0 Å². The number of aromatic nitrogens is 1. The molecule has 1 N–H and O–H groups in total. The number of rotatable bonds is 2. The Morgan fingerprint density at radius 1 is 1.35 bits per heavy atom. The van der Waals surface area contributed by atoms with Crippen LogP contribution in [0.25, 0.3) is 10.6 Å². The molecule has 6 heteroatoms. The van der Waals surface area contributed by atoms with E-state index in [4.69, 9.17) is 28.3 Å². The quantitative estimate of drug-likeness (QED) is 0.904. The lowest BCUT2D eigenvalue weighted by Crippen LogP contribution is -1.98. The number of carboxylic acids is 1. The zero-order valence-corrected chi connectivity index (χ0v) is 11.0. The molecule has 0 atom stereocenters. The van der Waals surface area contributed by atoms with E-state index in [0.717, 1.165) is 5.56 Å². The normalized spacial score (nSPS) is 10.5. The van der Waals surface area contributed by atoms with E-state index in [1.165, 1.54) is 11.3 Å². The third-order valence-corrected chi connectivity index (χ3v) is 3.92. The summed E-state index contributed by atoms with van der Waals surface area (Å²) in [5.41, 5.74) is 0.844. The number of nitrogens with zero attached hydrogens (tertiary/aromatic N) is 1. The second-order valence-corrected chi connectivity index (χ2v) is 5.38. The number of aromatic carboxylic acids is 1. The molecule has 0 aliphatic heterocycles. The van der Waals surface area contributed by atoms with Crippen molar-refractivity contribution in [3.05, 3.63) is 38.8 Å². The number of benzene rings is 1. The van der Waals surface area contributed by atoms with Gasteiger partial charge in [-0.25, -0.2) is 9.78 Å². The summed E-state index contributed by atoms with van der Waals surface area (Å²) in [4.78, 5) is 15.6. The van der Waals surface area contributed by atoms with Crippen molar-refractivity contribution in [2.75, 3.05) is 0 Å². The Hall–Kier alpha value is -1.10. The molecule has 0 bridgehead atoms. The summed E-state index contributed by atoms with van der Waals surface area (Å²) in [6.45, 7) is 1.72. The number of carboxylic acid groups (broad SMARTS) is 1. The highest BCUT2D eigenvalue weighted by Gasteiger charge is 2.15. The van der Waals surface area contributed by atoms with Crippen LogP contribution >= 0.6 is 34.5 Å². The molecular weight excluding hydrogens is 281 g/mol. The molecule has 0 saturated heterocycles. The molecule has 0 unspecified atom stereocenters. The highest BCUT2D eigenvalue weighted by Crippen LogP contribution is 2.32. The van der Waals surface area contributed by atoms with Gasteiger partial charge in [0, 0.05) is 10.4 Å². The molecule has 1 aromatic heterocycles. The van der Waals surface area contributed by atoms with Gasteiger partial charge in [-0.3, -0.25) is 0 Å². The summed E-state index contributed by atoms with van der Waals surface area (Å²) in [6.07, 6.45) is 0. The predicted molar refractivity (Wildman–Crippen MR) is 69.3 cm³/mol. The number of aryl methyl sites for hydroxylation is 1. The Balaban J connectivity index is 2.50. The van der Waals surface area contributed by atoms with E-state index in [0.29, 0.717) is 19.9 Å². The van der Waals surface area contributed by atoms with Gasteiger partial charge in [0.15, 0.2) is 5.69 Å². The fraction of sp³-hybridized carbons (Fsp3) is 0.0909. The van der Waals surface area contributed by atoms with Crippen LogP contribution < -0.4 is 0 Å². The Morgan fingerprint density at radius 2 is 2.06 bits per heavy atom. The maximum absolute atomic E-state index is 10.9. The average molecular weight is 288 g/mol. The molecule has 1 aromatic carbocycles. The number of halogens is 2. The van der Waals surface area contributed by atoms with E-state index in [1.54, 1.807) is 25.1 Å². The van der Waals surface area contributed by atoms with Crippen LogP contribution in [0, 0.1) is 6.92 Å². The van der Waals surface area contributed by atoms with Gasteiger partial charge in [0.1, 0.15) is 5.01 Å². The molecule has 3 nitrogen and oxygen atoms in total. The fourth-order valence-corrected chi connectivity index (χ4v) is 2.55. The SMILES string of the molecule is Cc1sc(-c2ccc(Cl)c(Cl)c2)nc1C(=O)O. The minimum atomic E-state index is -1.02. The van der Waals surface area contributed by atoms with Gasteiger partial charge < -0.3 is 5.11 Å². The van der Waals surface area contributed by atoms with Crippen LogP contribution in [0.2, 0.25) is 10.0 Å². The Labute approximate surface area is 112 Å². The van der Waals surface area contributed by atoms with Gasteiger partial charge in [-0.05, 0) is 19.1 Å². The summed E-state index contributed by atoms with van der Waals surface area (Å²) < 4.78 is 0. The van der Waals surface area contributed by atoms with Crippen molar-refractivity contribution in [3.63, 3.8) is 0 Å². The van der Waals surface area contributed by atoms with Gasteiger partial charge in [0.25, 0.3) is 0 Å². The van der Waals surface area contributed by atoms with Crippen molar-refractivity contribution >= 4 is 40.5 Å². The summed E-state index contributed by atoms with van der Waals surface area (Å²) >= 11 is 13.0. The first-order valence-electron chi connectivity index (χ1n) is 4.65.